The van der Waals surface area contributed by atoms with Crippen LogP contribution in [0.25, 0.3) is 16.3 Å². The van der Waals surface area contributed by atoms with Gasteiger partial charge in [-0.1, -0.05) is 11.3 Å². The van der Waals surface area contributed by atoms with Gasteiger partial charge in [0, 0.05) is 39.0 Å². The molecule has 0 aromatic carbocycles. The SMILES string of the molecule is COCC1CN(c2cc(S(=O)(=O)NC3(C)COC3)cn3c(-c4nnc(C(F)F)s4)ncc23)CCN1. The van der Waals surface area contributed by atoms with Gasteiger partial charge < -0.3 is 19.7 Å². The first-order valence-corrected chi connectivity index (χ1v) is 13.2. The van der Waals surface area contributed by atoms with E-state index in [-0.39, 0.29) is 35.0 Å². The third-order valence-electron chi connectivity index (χ3n) is 5.91. The Morgan fingerprint density at radius 1 is 1.40 bits per heavy atom. The van der Waals surface area contributed by atoms with Crippen LogP contribution in [0.5, 0.6) is 0 Å². The van der Waals surface area contributed by atoms with Crippen molar-refractivity contribution in [2.24, 2.45) is 0 Å². The number of piperazine rings is 1. The van der Waals surface area contributed by atoms with E-state index in [1.807, 2.05) is 0 Å². The van der Waals surface area contributed by atoms with E-state index < -0.39 is 27.0 Å². The van der Waals surface area contributed by atoms with Gasteiger partial charge in [0.05, 0.1) is 42.8 Å². The number of rotatable bonds is 8. The van der Waals surface area contributed by atoms with Crippen LogP contribution < -0.4 is 14.9 Å². The van der Waals surface area contributed by atoms with Crippen LogP contribution in [0.1, 0.15) is 18.4 Å². The highest BCUT2D eigenvalue weighted by atomic mass is 32.2. The minimum Gasteiger partial charge on any atom is -0.383 e. The molecule has 2 N–H and O–H groups in total. The average Bonchev–Trinajstić information content (AvgIpc) is 3.45. The lowest BCUT2D eigenvalue weighted by Gasteiger charge is -2.38. The lowest BCUT2D eigenvalue weighted by atomic mass is 10.0. The summed E-state index contributed by atoms with van der Waals surface area (Å²) in [4.78, 5) is 6.49. The lowest BCUT2D eigenvalue weighted by Crippen LogP contribution is -2.59. The molecule has 0 radical (unpaired) electrons. The van der Waals surface area contributed by atoms with Crippen LogP contribution in [-0.2, 0) is 19.5 Å². The molecule has 5 heterocycles. The molecule has 0 aliphatic carbocycles. The number of sulfonamides is 1. The van der Waals surface area contributed by atoms with Gasteiger partial charge >= 0.3 is 0 Å². The maximum absolute atomic E-state index is 13.4. The highest BCUT2D eigenvalue weighted by molar-refractivity contribution is 7.89. The number of nitrogens with zero attached hydrogens (tertiary/aromatic N) is 5. The second-order valence-electron chi connectivity index (χ2n) is 8.86. The van der Waals surface area contributed by atoms with Gasteiger partial charge in [0.15, 0.2) is 15.8 Å². The Hall–Kier alpha value is -2.30. The second-order valence-corrected chi connectivity index (χ2v) is 11.5. The predicted octanol–water partition coefficient (Wildman–Crippen LogP) is 1.28. The monoisotopic (exact) mass is 529 g/mol. The third-order valence-corrected chi connectivity index (χ3v) is 8.44. The maximum Gasteiger partial charge on any atom is 0.291 e. The van der Waals surface area contributed by atoms with Crippen molar-refractivity contribution in [2.75, 3.05) is 51.5 Å². The summed E-state index contributed by atoms with van der Waals surface area (Å²) >= 11 is 0.721. The van der Waals surface area contributed by atoms with Crippen LogP contribution in [-0.4, -0.2) is 86.1 Å². The van der Waals surface area contributed by atoms with Crippen LogP contribution in [0.3, 0.4) is 0 Å². The number of alkyl halides is 2. The first-order chi connectivity index (χ1) is 16.7. The number of hydrogen-bond donors (Lipinski definition) is 2. The molecular weight excluding hydrogens is 504 g/mol. The number of ether oxygens (including phenoxy) is 2. The Labute approximate surface area is 204 Å². The first-order valence-electron chi connectivity index (χ1n) is 10.9. The molecular formula is C20H25F2N7O4S2. The number of hydrogen-bond acceptors (Lipinski definition) is 10. The molecule has 2 fully saturated rings. The molecule has 5 rings (SSSR count). The highest BCUT2D eigenvalue weighted by Gasteiger charge is 2.38. The van der Waals surface area contributed by atoms with Crippen molar-refractivity contribution in [3.05, 3.63) is 23.5 Å². The van der Waals surface area contributed by atoms with Crippen LogP contribution in [0.15, 0.2) is 23.4 Å². The summed E-state index contributed by atoms with van der Waals surface area (Å²) in [6.45, 7) is 4.71. The number of aromatic nitrogens is 4. The molecule has 190 valence electrons. The number of pyridine rings is 1. The van der Waals surface area contributed by atoms with Crippen LogP contribution >= 0.6 is 11.3 Å². The molecule has 2 saturated heterocycles. The molecule has 0 saturated carbocycles. The first kappa shape index (κ1) is 24.4. The standard InChI is InChI=1S/C20H25F2N7O4S2/c1-20(10-33-11-20)27-35(30,31)13-5-14(28-4-3-23-12(7-28)9-32-2)15-6-24-17(29(15)8-13)19-26-25-18(34-19)16(21)22/h5-6,8,12,16,23,27H,3-4,7,9-11H2,1-2H3. The van der Waals surface area contributed by atoms with Gasteiger partial charge in [-0.3, -0.25) is 4.40 Å². The Balaban J connectivity index is 1.62. The normalized spacial score (nSPS) is 20.5. The summed E-state index contributed by atoms with van der Waals surface area (Å²) in [5.41, 5.74) is 0.585. The van der Waals surface area contributed by atoms with E-state index >= 15 is 0 Å². The molecule has 2 aliphatic rings. The molecule has 3 aromatic rings. The average molecular weight is 530 g/mol. The van der Waals surface area contributed by atoms with Gasteiger partial charge in [-0.05, 0) is 13.0 Å². The van der Waals surface area contributed by atoms with Crippen LogP contribution in [0.2, 0.25) is 0 Å². The number of nitrogens with one attached hydrogen (secondary N) is 2. The maximum atomic E-state index is 13.4. The summed E-state index contributed by atoms with van der Waals surface area (Å²) in [6.07, 6.45) is 0.268. The van der Waals surface area contributed by atoms with E-state index in [2.05, 4.69) is 30.1 Å². The van der Waals surface area contributed by atoms with Gasteiger partial charge in [-0.15, -0.1) is 10.2 Å². The van der Waals surface area contributed by atoms with E-state index in [0.717, 1.165) is 11.3 Å². The predicted molar refractivity (Wildman–Crippen MR) is 124 cm³/mol. The third kappa shape index (κ3) is 4.75. The number of imidazole rings is 1. The van der Waals surface area contributed by atoms with Crippen molar-refractivity contribution < 1.29 is 26.7 Å². The van der Waals surface area contributed by atoms with E-state index in [1.165, 1.54) is 6.20 Å². The van der Waals surface area contributed by atoms with Crippen molar-refractivity contribution in [2.45, 2.75) is 29.8 Å². The molecule has 2 aliphatic heterocycles. The second kappa shape index (κ2) is 9.29. The number of fused-ring (bicyclic) bond motifs is 1. The van der Waals surface area contributed by atoms with Crippen molar-refractivity contribution in [3.8, 4) is 10.8 Å². The van der Waals surface area contributed by atoms with E-state index in [9.17, 15) is 17.2 Å². The van der Waals surface area contributed by atoms with Crippen molar-refractivity contribution in [3.63, 3.8) is 0 Å². The summed E-state index contributed by atoms with van der Waals surface area (Å²) in [5, 5.41) is 10.5. The van der Waals surface area contributed by atoms with E-state index in [0.29, 0.717) is 37.4 Å². The molecule has 15 heteroatoms. The zero-order valence-electron chi connectivity index (χ0n) is 19.1. The van der Waals surface area contributed by atoms with Crippen molar-refractivity contribution in [1.29, 1.82) is 0 Å². The molecule has 0 spiro atoms. The zero-order valence-corrected chi connectivity index (χ0v) is 20.7. The summed E-state index contributed by atoms with van der Waals surface area (Å²) in [5.74, 6) is 0.240. The smallest absolute Gasteiger partial charge is 0.291 e. The Bertz CT molecular complexity index is 1320. The largest absolute Gasteiger partial charge is 0.383 e. The van der Waals surface area contributed by atoms with E-state index in [4.69, 9.17) is 9.47 Å². The van der Waals surface area contributed by atoms with Gasteiger partial charge in [-0.2, -0.15) is 0 Å². The quantitative estimate of drug-likeness (QED) is 0.444. The van der Waals surface area contributed by atoms with Gasteiger partial charge in [0.25, 0.3) is 6.43 Å². The summed E-state index contributed by atoms with van der Waals surface area (Å²) < 4.78 is 67.8. The molecule has 0 bridgehead atoms. The Morgan fingerprint density at radius 3 is 2.86 bits per heavy atom. The van der Waals surface area contributed by atoms with Gasteiger partial charge in [0.1, 0.15) is 4.90 Å². The molecule has 0 amide bonds. The molecule has 3 aromatic heterocycles. The number of halogens is 2. The van der Waals surface area contributed by atoms with Crippen LogP contribution in [0.4, 0.5) is 14.5 Å². The molecule has 11 nitrogen and oxygen atoms in total. The van der Waals surface area contributed by atoms with Crippen LogP contribution in [0, 0.1) is 0 Å². The minimum absolute atomic E-state index is 0.0211. The molecule has 1 atom stereocenters. The summed E-state index contributed by atoms with van der Waals surface area (Å²) in [7, 11) is -2.31. The van der Waals surface area contributed by atoms with Crippen molar-refractivity contribution >= 4 is 32.6 Å². The molecule has 1 unspecified atom stereocenters. The number of anilines is 1. The van der Waals surface area contributed by atoms with E-state index in [1.54, 1.807) is 30.7 Å². The lowest BCUT2D eigenvalue weighted by molar-refractivity contribution is -0.0523. The number of methoxy groups -OCH3 is 1. The zero-order chi connectivity index (χ0) is 24.8. The topological polar surface area (TPSA) is 123 Å². The summed E-state index contributed by atoms with van der Waals surface area (Å²) in [6, 6.07) is 1.67. The fraction of sp³-hybridized carbons (Fsp3) is 0.550. The Morgan fingerprint density at radius 2 is 2.20 bits per heavy atom. The fourth-order valence-corrected chi connectivity index (χ4v) is 6.32. The van der Waals surface area contributed by atoms with Crippen molar-refractivity contribution in [1.82, 2.24) is 29.6 Å². The fourth-order valence-electron chi connectivity index (χ4n) is 4.23. The molecule has 35 heavy (non-hydrogen) atoms. The highest BCUT2D eigenvalue weighted by Crippen LogP contribution is 2.33. The Kier molecular flexibility index (Phi) is 6.48. The van der Waals surface area contributed by atoms with Gasteiger partial charge in [0.2, 0.25) is 10.0 Å². The minimum atomic E-state index is -3.94. The van der Waals surface area contributed by atoms with Gasteiger partial charge in [-0.25, -0.2) is 26.9 Å².